The number of rotatable bonds is 5. The van der Waals surface area contributed by atoms with Gasteiger partial charge in [0, 0.05) is 0 Å². The van der Waals surface area contributed by atoms with Crippen molar-refractivity contribution in [1.82, 2.24) is 0 Å². The van der Waals surface area contributed by atoms with E-state index in [9.17, 15) is 22.6 Å². The van der Waals surface area contributed by atoms with Gasteiger partial charge < -0.3 is 10.9 Å². The molecule has 0 aromatic heterocycles. The Morgan fingerprint density at radius 1 is 1.04 bits per heavy atom. The normalized spacial score (nSPS) is 11.1. The topological polar surface area (TPSA) is 107 Å². The summed E-state index contributed by atoms with van der Waals surface area (Å²) < 4.78 is 42.0. The molecule has 0 amide bonds. The molecule has 0 aliphatic carbocycles. The van der Waals surface area contributed by atoms with Gasteiger partial charge in [-0.2, -0.15) is 8.42 Å². The Bertz CT molecular complexity index is 686. The molecule has 0 heterocycles. The van der Waals surface area contributed by atoms with Crippen LogP contribution in [0.1, 0.15) is 49.8 Å². The first-order chi connectivity index (χ1) is 10.0. The molecule has 1 rings (SSSR count). The third-order valence-corrected chi connectivity index (χ3v) is 3.29. The molecule has 1 aromatic carbocycles. The predicted molar refractivity (Wildman–Crippen MR) is 78.5 cm³/mol. The van der Waals surface area contributed by atoms with Gasteiger partial charge in [0.25, 0.3) is 10.1 Å². The Labute approximate surface area is 179 Å². The smallest absolute Gasteiger partial charge is 1.00 e. The molecule has 0 aliphatic rings. The predicted octanol–water partition coefficient (Wildman–Crippen LogP) is -0.820. The van der Waals surface area contributed by atoms with E-state index in [1.54, 1.807) is 27.7 Å². The number of ether oxygens (including phenoxy) is 2. The first-order valence-electron chi connectivity index (χ1n) is 6.56. The summed E-state index contributed by atoms with van der Waals surface area (Å²) in [6, 6.07) is 3.22. The minimum absolute atomic E-state index is 0. The van der Waals surface area contributed by atoms with Gasteiger partial charge in [0.2, 0.25) is 0 Å². The second-order valence-corrected chi connectivity index (χ2v) is 6.48. The second-order valence-electron chi connectivity index (χ2n) is 5.09. The van der Waals surface area contributed by atoms with Gasteiger partial charge in [0.05, 0.1) is 23.3 Å². The number of carbonyl (C=O) groups excluding carboxylic acids is 2. The van der Waals surface area contributed by atoms with E-state index < -0.39 is 39.2 Å². The molecule has 0 saturated heterocycles. The van der Waals surface area contributed by atoms with Crippen molar-refractivity contribution in [2.75, 3.05) is 0 Å². The Morgan fingerprint density at radius 3 is 1.96 bits per heavy atom. The SMILES string of the molecule is CC(C)OC(=O)c1ccc(C(=O)OC(C)C)c(S(=O)(=O)O)c1.[H-].[K+]. The van der Waals surface area contributed by atoms with Crippen LogP contribution in [-0.4, -0.2) is 37.1 Å². The summed E-state index contributed by atoms with van der Waals surface area (Å²) in [5, 5.41) is 0. The van der Waals surface area contributed by atoms with Crippen molar-refractivity contribution in [2.45, 2.75) is 44.8 Å². The molecule has 0 radical (unpaired) electrons. The molecule has 7 nitrogen and oxygen atoms in total. The van der Waals surface area contributed by atoms with E-state index in [1.165, 1.54) is 6.07 Å². The zero-order valence-electron chi connectivity index (χ0n) is 14.7. The number of esters is 2. The molecule has 0 unspecified atom stereocenters. The molecule has 9 heteroatoms. The van der Waals surface area contributed by atoms with Crippen molar-refractivity contribution < 1.29 is 84.8 Å². The van der Waals surface area contributed by atoms with Crippen LogP contribution in [0.4, 0.5) is 0 Å². The van der Waals surface area contributed by atoms with Crippen molar-refractivity contribution in [3.63, 3.8) is 0 Å². The molecule has 1 N–H and O–H groups in total. The maximum Gasteiger partial charge on any atom is 1.00 e. The Morgan fingerprint density at radius 2 is 1.52 bits per heavy atom. The first-order valence-corrected chi connectivity index (χ1v) is 8.00. The quantitative estimate of drug-likeness (QED) is 0.410. The van der Waals surface area contributed by atoms with Crippen LogP contribution in [0, 0.1) is 0 Å². The fourth-order valence-electron chi connectivity index (χ4n) is 1.59. The molecule has 124 valence electrons. The van der Waals surface area contributed by atoms with E-state index in [1.807, 2.05) is 0 Å². The van der Waals surface area contributed by atoms with Gasteiger partial charge in [-0.05, 0) is 45.9 Å². The standard InChI is InChI=1S/C14H18O7S.K.H/c1-8(2)20-13(15)10-5-6-11(14(16)21-9(3)4)12(7-10)22(17,18)19;;/h5-9H,1-4H3,(H,17,18,19);;/q;+1;-1. The molecule has 0 fully saturated rings. The third-order valence-electron chi connectivity index (χ3n) is 2.40. The average Bonchev–Trinajstić information content (AvgIpc) is 2.35. The largest absolute Gasteiger partial charge is 1.00 e. The van der Waals surface area contributed by atoms with Crippen molar-refractivity contribution >= 4 is 22.1 Å². The van der Waals surface area contributed by atoms with E-state index >= 15 is 0 Å². The van der Waals surface area contributed by atoms with E-state index in [0.717, 1.165) is 12.1 Å². The number of carbonyl (C=O) groups is 2. The van der Waals surface area contributed by atoms with Crippen LogP contribution in [-0.2, 0) is 19.6 Å². The van der Waals surface area contributed by atoms with Crippen LogP contribution in [0.2, 0.25) is 0 Å². The van der Waals surface area contributed by atoms with Crippen molar-refractivity contribution in [2.24, 2.45) is 0 Å². The second kappa shape index (κ2) is 9.26. The minimum Gasteiger partial charge on any atom is -1.00 e. The first kappa shape index (κ1) is 22.7. The van der Waals surface area contributed by atoms with Crippen molar-refractivity contribution in [3.8, 4) is 0 Å². The van der Waals surface area contributed by atoms with E-state index in [2.05, 4.69) is 0 Å². The zero-order chi connectivity index (χ0) is 17.1. The minimum atomic E-state index is -4.71. The van der Waals surface area contributed by atoms with Crippen molar-refractivity contribution in [1.29, 1.82) is 0 Å². The molecular formula is C14H19KO7S. The van der Waals surface area contributed by atoms with E-state index in [-0.39, 0.29) is 63.9 Å². The number of hydrogen-bond donors (Lipinski definition) is 1. The molecule has 1 aromatic rings. The number of hydrogen-bond acceptors (Lipinski definition) is 6. The van der Waals surface area contributed by atoms with Crippen LogP contribution in [0.15, 0.2) is 23.1 Å². The van der Waals surface area contributed by atoms with E-state index in [4.69, 9.17) is 9.47 Å². The molecule has 0 saturated carbocycles. The maximum absolute atomic E-state index is 11.9. The summed E-state index contributed by atoms with van der Waals surface area (Å²) in [4.78, 5) is 22.9. The molecule has 0 bridgehead atoms. The van der Waals surface area contributed by atoms with Crippen LogP contribution in [0.3, 0.4) is 0 Å². The van der Waals surface area contributed by atoms with Crippen molar-refractivity contribution in [3.05, 3.63) is 29.3 Å². The summed E-state index contributed by atoms with van der Waals surface area (Å²) in [7, 11) is -4.71. The summed E-state index contributed by atoms with van der Waals surface area (Å²) in [6.45, 7) is 6.46. The van der Waals surface area contributed by atoms with Gasteiger partial charge in [-0.15, -0.1) is 0 Å². The average molecular weight is 370 g/mol. The fraction of sp³-hybridized carbons (Fsp3) is 0.429. The Hall–Kier alpha value is -0.294. The summed E-state index contributed by atoms with van der Waals surface area (Å²) in [6.07, 6.45) is -0.861. The molecule has 0 atom stereocenters. The van der Waals surface area contributed by atoms with E-state index in [0.29, 0.717) is 0 Å². The summed E-state index contributed by atoms with van der Waals surface area (Å²) >= 11 is 0. The monoisotopic (exact) mass is 370 g/mol. The van der Waals surface area contributed by atoms with Gasteiger partial charge in [-0.25, -0.2) is 9.59 Å². The Kier molecular flexibility index (Phi) is 9.14. The summed E-state index contributed by atoms with van der Waals surface area (Å²) in [5.41, 5.74) is -0.445. The Balaban J connectivity index is 0. The van der Waals surface area contributed by atoms with Crippen LogP contribution in [0.5, 0.6) is 0 Å². The van der Waals surface area contributed by atoms with Gasteiger partial charge in [0.15, 0.2) is 0 Å². The van der Waals surface area contributed by atoms with Gasteiger partial charge in [0.1, 0.15) is 4.90 Å². The van der Waals surface area contributed by atoms with Gasteiger partial charge in [-0.3, -0.25) is 4.55 Å². The van der Waals surface area contributed by atoms with Gasteiger partial charge in [-0.1, -0.05) is 0 Å². The molecule has 0 aliphatic heterocycles. The maximum atomic E-state index is 11.9. The third kappa shape index (κ3) is 7.00. The molecule has 0 spiro atoms. The zero-order valence-corrected chi connectivity index (χ0v) is 17.6. The van der Waals surface area contributed by atoms with Crippen LogP contribution < -0.4 is 51.4 Å². The van der Waals surface area contributed by atoms with Crippen LogP contribution in [0.25, 0.3) is 0 Å². The summed E-state index contributed by atoms with van der Waals surface area (Å²) in [5.74, 6) is -1.67. The van der Waals surface area contributed by atoms with Gasteiger partial charge >= 0.3 is 63.3 Å². The molecular weight excluding hydrogens is 351 g/mol. The fourth-order valence-corrected chi connectivity index (χ4v) is 2.30. The molecule has 23 heavy (non-hydrogen) atoms. The van der Waals surface area contributed by atoms with Crippen LogP contribution >= 0.6 is 0 Å². The number of benzene rings is 1.